The number of hydrogen-bond acceptors (Lipinski definition) is 5. The van der Waals surface area contributed by atoms with Crippen LogP contribution >= 0.6 is 11.3 Å². The van der Waals surface area contributed by atoms with E-state index < -0.39 is 28.3 Å². The molecule has 0 radical (unpaired) electrons. The van der Waals surface area contributed by atoms with Crippen LogP contribution in [0.2, 0.25) is 0 Å². The Morgan fingerprint density at radius 1 is 1.60 bits per heavy atom. The maximum atomic E-state index is 12.3. The number of rotatable bonds is 5. The third kappa shape index (κ3) is 3.35. The minimum absolute atomic E-state index is 0.233. The highest BCUT2D eigenvalue weighted by atomic mass is 32.2. The molecular formula is C11H17N3O4S2. The number of thiazole rings is 1. The van der Waals surface area contributed by atoms with Gasteiger partial charge in [0.2, 0.25) is 0 Å². The summed E-state index contributed by atoms with van der Waals surface area (Å²) in [7, 11) is -3.83. The molecule has 9 heteroatoms. The molecule has 2 heterocycles. The van der Waals surface area contributed by atoms with Crippen LogP contribution in [0.1, 0.15) is 37.2 Å². The number of hydrogen-bond donors (Lipinski definition) is 2. The van der Waals surface area contributed by atoms with Gasteiger partial charge in [-0.3, -0.25) is 4.79 Å². The third-order valence-corrected chi connectivity index (χ3v) is 5.86. The fourth-order valence-electron chi connectivity index (χ4n) is 2.23. The molecule has 1 fully saturated rings. The lowest BCUT2D eigenvalue weighted by molar-refractivity contribution is -0.142. The van der Waals surface area contributed by atoms with Crippen molar-refractivity contribution in [3.63, 3.8) is 0 Å². The molecule has 0 saturated carbocycles. The lowest BCUT2D eigenvalue weighted by Crippen LogP contribution is -2.52. The molecule has 0 aromatic carbocycles. The van der Waals surface area contributed by atoms with Crippen molar-refractivity contribution in [3.05, 3.63) is 16.6 Å². The van der Waals surface area contributed by atoms with Crippen molar-refractivity contribution in [2.75, 3.05) is 6.54 Å². The van der Waals surface area contributed by atoms with Gasteiger partial charge in [-0.15, -0.1) is 11.3 Å². The number of nitrogens with one attached hydrogen (secondary N) is 1. The molecule has 2 N–H and O–H groups in total. The molecule has 1 aliphatic rings. The summed E-state index contributed by atoms with van der Waals surface area (Å²) in [4.78, 5) is 15.2. The van der Waals surface area contributed by atoms with E-state index in [2.05, 4.69) is 9.71 Å². The summed E-state index contributed by atoms with van der Waals surface area (Å²) in [5.41, 5.74) is 0. The van der Waals surface area contributed by atoms with E-state index in [1.807, 2.05) is 0 Å². The molecule has 1 aromatic rings. The van der Waals surface area contributed by atoms with E-state index in [4.69, 9.17) is 5.11 Å². The van der Waals surface area contributed by atoms with Crippen molar-refractivity contribution < 1.29 is 18.3 Å². The van der Waals surface area contributed by atoms with Crippen molar-refractivity contribution in [2.24, 2.45) is 0 Å². The summed E-state index contributed by atoms with van der Waals surface area (Å²) in [6.07, 6.45) is 3.36. The van der Waals surface area contributed by atoms with Gasteiger partial charge in [0.05, 0.1) is 6.04 Å². The first-order chi connectivity index (χ1) is 9.42. The van der Waals surface area contributed by atoms with Crippen LogP contribution in [0.3, 0.4) is 0 Å². The fraction of sp³-hybridized carbons (Fsp3) is 0.636. The monoisotopic (exact) mass is 319 g/mol. The minimum atomic E-state index is -3.83. The SMILES string of the molecule is CC(NS(=O)(=O)N1CCCCC1C(=O)O)c1nccs1. The standard InChI is InChI=1S/C11H17N3O4S2/c1-8(10-12-5-7-19-10)13-20(17,18)14-6-3-2-4-9(14)11(15)16/h5,7-9,13H,2-4,6H2,1H3,(H,15,16). The van der Waals surface area contributed by atoms with Gasteiger partial charge in [-0.25, -0.2) is 4.98 Å². The first kappa shape index (κ1) is 15.4. The average molecular weight is 319 g/mol. The van der Waals surface area contributed by atoms with Crippen LogP contribution in [-0.4, -0.2) is 41.4 Å². The maximum absolute atomic E-state index is 12.3. The van der Waals surface area contributed by atoms with E-state index in [9.17, 15) is 13.2 Å². The highest BCUT2D eigenvalue weighted by Gasteiger charge is 2.37. The quantitative estimate of drug-likeness (QED) is 0.842. The Balaban J connectivity index is 2.14. The molecular weight excluding hydrogens is 302 g/mol. The zero-order valence-electron chi connectivity index (χ0n) is 11.0. The molecule has 1 aromatic heterocycles. The van der Waals surface area contributed by atoms with Crippen LogP contribution in [-0.2, 0) is 15.0 Å². The molecule has 1 aliphatic heterocycles. The van der Waals surface area contributed by atoms with Crippen LogP contribution in [0.5, 0.6) is 0 Å². The van der Waals surface area contributed by atoms with Crippen molar-refractivity contribution in [1.82, 2.24) is 14.0 Å². The van der Waals surface area contributed by atoms with Crippen LogP contribution < -0.4 is 4.72 Å². The zero-order chi connectivity index (χ0) is 14.8. The molecule has 0 aliphatic carbocycles. The van der Waals surface area contributed by atoms with Crippen LogP contribution in [0, 0.1) is 0 Å². The topological polar surface area (TPSA) is 99.6 Å². The van der Waals surface area contributed by atoms with Gasteiger partial charge >= 0.3 is 5.97 Å². The molecule has 0 bridgehead atoms. The molecule has 0 spiro atoms. The third-order valence-electron chi connectivity index (χ3n) is 3.20. The van der Waals surface area contributed by atoms with Gasteiger partial charge in [0.1, 0.15) is 11.0 Å². The Morgan fingerprint density at radius 2 is 2.35 bits per heavy atom. The highest BCUT2D eigenvalue weighted by Crippen LogP contribution is 2.22. The summed E-state index contributed by atoms with van der Waals surface area (Å²) >= 11 is 1.35. The molecule has 7 nitrogen and oxygen atoms in total. The molecule has 2 atom stereocenters. The summed E-state index contributed by atoms with van der Waals surface area (Å²) < 4.78 is 28.2. The van der Waals surface area contributed by atoms with E-state index in [0.717, 1.165) is 10.7 Å². The lowest BCUT2D eigenvalue weighted by Gasteiger charge is -2.32. The molecule has 2 unspecified atom stereocenters. The van der Waals surface area contributed by atoms with Gasteiger partial charge in [0, 0.05) is 18.1 Å². The van der Waals surface area contributed by atoms with Gasteiger partial charge < -0.3 is 5.11 Å². The summed E-state index contributed by atoms with van der Waals surface area (Å²) in [5, 5.41) is 11.6. The Morgan fingerprint density at radius 3 is 2.95 bits per heavy atom. The Kier molecular flexibility index (Phi) is 4.74. The highest BCUT2D eigenvalue weighted by molar-refractivity contribution is 7.87. The van der Waals surface area contributed by atoms with Gasteiger partial charge in [0.15, 0.2) is 0 Å². The summed E-state index contributed by atoms with van der Waals surface area (Å²) in [5.74, 6) is -1.10. The molecule has 0 amide bonds. The van der Waals surface area contributed by atoms with E-state index in [-0.39, 0.29) is 6.54 Å². The number of carboxylic acid groups (broad SMARTS) is 1. The van der Waals surface area contributed by atoms with Crippen LogP contribution in [0.15, 0.2) is 11.6 Å². The van der Waals surface area contributed by atoms with Crippen molar-refractivity contribution in [3.8, 4) is 0 Å². The van der Waals surface area contributed by atoms with Gasteiger partial charge in [-0.1, -0.05) is 0 Å². The predicted molar refractivity (Wildman–Crippen MR) is 74.6 cm³/mol. The van der Waals surface area contributed by atoms with E-state index in [1.54, 1.807) is 18.5 Å². The number of piperidine rings is 1. The summed E-state index contributed by atoms with van der Waals surface area (Å²) in [6, 6.07) is -1.46. The smallest absolute Gasteiger partial charge is 0.322 e. The van der Waals surface area contributed by atoms with Gasteiger partial charge in [-0.2, -0.15) is 17.4 Å². The number of nitrogens with zero attached hydrogens (tertiary/aromatic N) is 2. The maximum Gasteiger partial charge on any atom is 0.322 e. The van der Waals surface area contributed by atoms with Crippen LogP contribution in [0.4, 0.5) is 0 Å². The lowest BCUT2D eigenvalue weighted by atomic mass is 10.1. The number of carbonyl (C=O) groups is 1. The second-order valence-corrected chi connectivity index (χ2v) is 7.26. The first-order valence-electron chi connectivity index (χ1n) is 6.33. The summed E-state index contributed by atoms with van der Waals surface area (Å²) in [6.45, 7) is 1.92. The fourth-order valence-corrected chi connectivity index (χ4v) is 4.54. The Labute approximate surface area is 121 Å². The molecule has 1 saturated heterocycles. The number of carboxylic acids is 1. The van der Waals surface area contributed by atoms with Gasteiger partial charge in [-0.05, 0) is 26.2 Å². The largest absolute Gasteiger partial charge is 0.480 e. The minimum Gasteiger partial charge on any atom is -0.480 e. The van der Waals surface area contributed by atoms with Crippen molar-refractivity contribution >= 4 is 27.5 Å². The molecule has 20 heavy (non-hydrogen) atoms. The van der Waals surface area contributed by atoms with Gasteiger partial charge in [0.25, 0.3) is 10.2 Å². The Bertz CT molecular complexity index is 558. The molecule has 112 valence electrons. The van der Waals surface area contributed by atoms with E-state index >= 15 is 0 Å². The normalized spacial score (nSPS) is 22.6. The van der Waals surface area contributed by atoms with Crippen LogP contribution in [0.25, 0.3) is 0 Å². The average Bonchev–Trinajstić information content (AvgIpc) is 2.92. The van der Waals surface area contributed by atoms with Crippen molar-refractivity contribution in [2.45, 2.75) is 38.3 Å². The van der Waals surface area contributed by atoms with Crippen molar-refractivity contribution in [1.29, 1.82) is 0 Å². The Hall–Kier alpha value is -1.03. The second kappa shape index (κ2) is 6.17. The first-order valence-corrected chi connectivity index (χ1v) is 8.65. The second-order valence-electron chi connectivity index (χ2n) is 4.68. The predicted octanol–water partition coefficient (Wildman–Crippen LogP) is 0.978. The number of aliphatic carboxylic acids is 1. The zero-order valence-corrected chi connectivity index (χ0v) is 12.7. The number of aromatic nitrogens is 1. The van der Waals surface area contributed by atoms with E-state index in [0.29, 0.717) is 17.8 Å². The van der Waals surface area contributed by atoms with E-state index in [1.165, 1.54) is 11.3 Å². The molecule has 2 rings (SSSR count).